The second-order valence-electron chi connectivity index (χ2n) is 4.71. The van der Waals surface area contributed by atoms with E-state index in [1.54, 1.807) is 13.8 Å². The standard InChI is InChI=1S/C13H15NO2/c1-13(2)11(15)10(14-12(13)16)8-9-6-4-3-5-7-9/h3-7,10H,8H2,1-2H3,(H,14,16). The van der Waals surface area contributed by atoms with E-state index in [4.69, 9.17) is 0 Å². The van der Waals surface area contributed by atoms with Gasteiger partial charge < -0.3 is 5.32 Å². The fraction of sp³-hybridized carbons (Fsp3) is 0.385. The Kier molecular flexibility index (Phi) is 2.54. The zero-order chi connectivity index (χ0) is 11.8. The van der Waals surface area contributed by atoms with Crippen LogP contribution >= 0.6 is 0 Å². The van der Waals surface area contributed by atoms with Crippen LogP contribution in [0.4, 0.5) is 0 Å². The van der Waals surface area contributed by atoms with Gasteiger partial charge in [-0.2, -0.15) is 0 Å². The third-order valence-corrected chi connectivity index (χ3v) is 3.09. The number of carbonyl (C=O) groups is 2. The van der Waals surface area contributed by atoms with Crippen molar-refractivity contribution in [3.05, 3.63) is 35.9 Å². The van der Waals surface area contributed by atoms with Gasteiger partial charge in [-0.05, 0) is 25.8 Å². The first-order valence-electron chi connectivity index (χ1n) is 5.41. The summed E-state index contributed by atoms with van der Waals surface area (Å²) in [6.45, 7) is 3.35. The van der Waals surface area contributed by atoms with E-state index in [1.807, 2.05) is 30.3 Å². The summed E-state index contributed by atoms with van der Waals surface area (Å²) in [6, 6.07) is 9.35. The average Bonchev–Trinajstić information content (AvgIpc) is 2.45. The van der Waals surface area contributed by atoms with Gasteiger partial charge in [0.25, 0.3) is 0 Å². The lowest BCUT2D eigenvalue weighted by atomic mass is 9.87. The van der Waals surface area contributed by atoms with Crippen molar-refractivity contribution in [3.63, 3.8) is 0 Å². The fourth-order valence-corrected chi connectivity index (χ4v) is 1.95. The molecule has 0 radical (unpaired) electrons. The minimum Gasteiger partial charge on any atom is -0.345 e. The molecule has 1 amide bonds. The molecule has 1 aliphatic rings. The maximum Gasteiger partial charge on any atom is 0.233 e. The van der Waals surface area contributed by atoms with Crippen molar-refractivity contribution >= 4 is 11.7 Å². The van der Waals surface area contributed by atoms with Crippen LogP contribution in [0.5, 0.6) is 0 Å². The van der Waals surface area contributed by atoms with Crippen LogP contribution in [-0.2, 0) is 16.0 Å². The van der Waals surface area contributed by atoms with Gasteiger partial charge in [0.15, 0.2) is 5.78 Å². The van der Waals surface area contributed by atoms with Gasteiger partial charge in [0.2, 0.25) is 5.91 Å². The number of benzene rings is 1. The minimum absolute atomic E-state index is 0.0126. The van der Waals surface area contributed by atoms with Crippen LogP contribution in [0.1, 0.15) is 19.4 Å². The molecule has 1 saturated heterocycles. The van der Waals surface area contributed by atoms with E-state index in [9.17, 15) is 9.59 Å². The van der Waals surface area contributed by atoms with Gasteiger partial charge in [0.1, 0.15) is 5.41 Å². The predicted molar refractivity (Wildman–Crippen MR) is 60.9 cm³/mol. The second-order valence-corrected chi connectivity index (χ2v) is 4.71. The van der Waals surface area contributed by atoms with Crippen molar-refractivity contribution in [1.29, 1.82) is 0 Å². The van der Waals surface area contributed by atoms with E-state index < -0.39 is 5.41 Å². The summed E-state index contributed by atoms with van der Waals surface area (Å²) in [5, 5.41) is 2.75. The Morgan fingerprint density at radius 3 is 2.31 bits per heavy atom. The summed E-state index contributed by atoms with van der Waals surface area (Å²) in [5.41, 5.74) is 0.193. The molecule has 1 N–H and O–H groups in total. The number of carbonyl (C=O) groups excluding carboxylic acids is 2. The number of amides is 1. The third kappa shape index (κ3) is 1.73. The van der Waals surface area contributed by atoms with Crippen molar-refractivity contribution in [2.75, 3.05) is 0 Å². The summed E-state index contributed by atoms with van der Waals surface area (Å²) in [7, 11) is 0. The molecular formula is C13H15NO2. The highest BCUT2D eigenvalue weighted by molar-refractivity contribution is 6.13. The van der Waals surface area contributed by atoms with Crippen molar-refractivity contribution in [2.45, 2.75) is 26.3 Å². The Labute approximate surface area is 94.9 Å². The Morgan fingerprint density at radius 1 is 1.19 bits per heavy atom. The number of nitrogens with one attached hydrogen (secondary N) is 1. The molecule has 1 fully saturated rings. The summed E-state index contributed by atoms with van der Waals surface area (Å²) in [5.74, 6) is -0.181. The molecule has 3 nitrogen and oxygen atoms in total. The molecule has 3 heteroatoms. The van der Waals surface area contributed by atoms with Crippen LogP contribution in [0, 0.1) is 5.41 Å². The quantitative estimate of drug-likeness (QED) is 0.759. The molecule has 16 heavy (non-hydrogen) atoms. The van der Waals surface area contributed by atoms with Gasteiger partial charge in [-0.25, -0.2) is 0 Å². The van der Waals surface area contributed by atoms with Crippen LogP contribution in [-0.4, -0.2) is 17.7 Å². The Bertz CT molecular complexity index is 423. The van der Waals surface area contributed by atoms with Crippen LogP contribution in [0.25, 0.3) is 0 Å². The first-order chi connectivity index (χ1) is 7.51. The predicted octanol–water partition coefficient (Wildman–Crippen LogP) is 1.32. The van der Waals surface area contributed by atoms with Crippen LogP contribution < -0.4 is 5.32 Å². The molecule has 0 spiro atoms. The van der Waals surface area contributed by atoms with Gasteiger partial charge in [-0.15, -0.1) is 0 Å². The second kappa shape index (κ2) is 3.74. The highest BCUT2D eigenvalue weighted by atomic mass is 16.2. The molecule has 1 aromatic carbocycles. The Morgan fingerprint density at radius 2 is 1.81 bits per heavy atom. The highest BCUT2D eigenvalue weighted by Crippen LogP contribution is 2.26. The summed E-state index contributed by atoms with van der Waals surface area (Å²) in [4.78, 5) is 23.5. The number of ketones is 1. The van der Waals surface area contributed by atoms with E-state index in [1.165, 1.54) is 0 Å². The highest BCUT2D eigenvalue weighted by Gasteiger charge is 2.47. The molecule has 2 rings (SSSR count). The zero-order valence-corrected chi connectivity index (χ0v) is 9.49. The Hall–Kier alpha value is -1.64. The first-order valence-corrected chi connectivity index (χ1v) is 5.41. The minimum atomic E-state index is -0.876. The van der Waals surface area contributed by atoms with E-state index >= 15 is 0 Å². The first kappa shape index (κ1) is 10.9. The monoisotopic (exact) mass is 217 g/mol. The molecule has 1 atom stereocenters. The molecule has 84 valence electrons. The lowest BCUT2D eigenvalue weighted by Crippen LogP contribution is -2.31. The average molecular weight is 217 g/mol. The van der Waals surface area contributed by atoms with Crippen molar-refractivity contribution in [1.82, 2.24) is 5.32 Å². The van der Waals surface area contributed by atoms with E-state index in [-0.39, 0.29) is 17.7 Å². The maximum absolute atomic E-state index is 12.0. The molecule has 0 saturated carbocycles. The molecule has 0 bridgehead atoms. The van der Waals surface area contributed by atoms with E-state index in [0.29, 0.717) is 6.42 Å². The lowest BCUT2D eigenvalue weighted by molar-refractivity contribution is -0.133. The van der Waals surface area contributed by atoms with Gasteiger partial charge >= 0.3 is 0 Å². The van der Waals surface area contributed by atoms with Crippen LogP contribution in [0.2, 0.25) is 0 Å². The number of hydrogen-bond acceptors (Lipinski definition) is 2. The van der Waals surface area contributed by atoms with Gasteiger partial charge in [-0.3, -0.25) is 9.59 Å². The summed E-state index contributed by atoms with van der Waals surface area (Å²) < 4.78 is 0. The largest absolute Gasteiger partial charge is 0.345 e. The molecular weight excluding hydrogens is 202 g/mol. The Balaban J connectivity index is 2.14. The van der Waals surface area contributed by atoms with Crippen LogP contribution in [0.15, 0.2) is 30.3 Å². The summed E-state index contributed by atoms with van der Waals surface area (Å²) in [6.07, 6.45) is 0.578. The van der Waals surface area contributed by atoms with Gasteiger partial charge in [-0.1, -0.05) is 30.3 Å². The van der Waals surface area contributed by atoms with Gasteiger partial charge in [0.05, 0.1) is 6.04 Å². The molecule has 1 aromatic rings. The SMILES string of the molecule is CC1(C)C(=O)NC(Cc2ccccc2)C1=O. The molecule has 1 unspecified atom stereocenters. The maximum atomic E-state index is 12.0. The van der Waals surface area contributed by atoms with Crippen molar-refractivity contribution in [3.8, 4) is 0 Å². The summed E-state index contributed by atoms with van der Waals surface area (Å²) >= 11 is 0. The number of Topliss-reactive ketones (excluding diaryl/α,β-unsaturated/α-hetero) is 1. The fourth-order valence-electron chi connectivity index (χ4n) is 1.95. The van der Waals surface area contributed by atoms with E-state index in [2.05, 4.69) is 5.32 Å². The molecule has 0 aromatic heterocycles. The third-order valence-electron chi connectivity index (χ3n) is 3.09. The van der Waals surface area contributed by atoms with Crippen molar-refractivity contribution < 1.29 is 9.59 Å². The lowest BCUT2D eigenvalue weighted by Gasteiger charge is -2.11. The smallest absolute Gasteiger partial charge is 0.233 e. The molecule has 1 aliphatic heterocycles. The topological polar surface area (TPSA) is 46.2 Å². The van der Waals surface area contributed by atoms with Crippen LogP contribution in [0.3, 0.4) is 0 Å². The normalized spacial score (nSPS) is 23.2. The number of hydrogen-bond donors (Lipinski definition) is 1. The molecule has 0 aliphatic carbocycles. The van der Waals surface area contributed by atoms with Gasteiger partial charge in [0, 0.05) is 0 Å². The number of rotatable bonds is 2. The molecule has 1 heterocycles. The van der Waals surface area contributed by atoms with Crippen molar-refractivity contribution in [2.24, 2.45) is 5.41 Å². The zero-order valence-electron chi connectivity index (χ0n) is 9.49. The van der Waals surface area contributed by atoms with E-state index in [0.717, 1.165) is 5.56 Å².